The minimum Gasteiger partial charge on any atom is -0.377 e. The lowest BCUT2D eigenvalue weighted by Gasteiger charge is -2.20. The molecule has 0 aliphatic heterocycles. The number of hydrogen-bond donors (Lipinski definition) is 3. The van der Waals surface area contributed by atoms with Gasteiger partial charge in [-0.1, -0.05) is 19.3 Å². The molecule has 0 saturated heterocycles. The summed E-state index contributed by atoms with van der Waals surface area (Å²) in [4.78, 5) is 35.0. The highest BCUT2D eigenvalue weighted by Gasteiger charge is 2.26. The molecule has 3 rings (SSSR count). The van der Waals surface area contributed by atoms with Gasteiger partial charge in [-0.3, -0.25) is 30.6 Å². The average Bonchev–Trinajstić information content (AvgIpc) is 3.44. The number of hydrogen-bond acceptors (Lipinski definition) is 5. The van der Waals surface area contributed by atoms with Crippen LogP contribution in [-0.2, 0) is 4.79 Å². The van der Waals surface area contributed by atoms with E-state index in [4.69, 9.17) is 0 Å². The lowest BCUT2D eigenvalue weighted by molar-refractivity contribution is -0.384. The van der Waals surface area contributed by atoms with Gasteiger partial charge in [0.05, 0.1) is 4.92 Å². The highest BCUT2D eigenvalue weighted by Crippen LogP contribution is 2.31. The molecule has 2 fully saturated rings. The van der Waals surface area contributed by atoms with Gasteiger partial charge in [0, 0.05) is 23.6 Å². The van der Waals surface area contributed by atoms with Crippen LogP contribution in [0.3, 0.4) is 0 Å². The van der Waals surface area contributed by atoms with Gasteiger partial charge < -0.3 is 5.32 Å². The molecule has 0 atom stereocenters. The summed E-state index contributed by atoms with van der Waals surface area (Å²) in [5.74, 6) is -0.840. The minimum atomic E-state index is -0.565. The lowest BCUT2D eigenvalue weighted by atomic mass is 9.89. The van der Waals surface area contributed by atoms with E-state index in [9.17, 15) is 19.7 Å². The van der Waals surface area contributed by atoms with Gasteiger partial charge in [-0.15, -0.1) is 0 Å². The largest absolute Gasteiger partial charge is 0.377 e. The van der Waals surface area contributed by atoms with Crippen LogP contribution in [0.15, 0.2) is 18.2 Å². The molecule has 0 bridgehead atoms. The average molecular weight is 346 g/mol. The third-order valence-electron chi connectivity index (χ3n) is 4.67. The van der Waals surface area contributed by atoms with E-state index in [1.165, 1.54) is 18.2 Å². The topological polar surface area (TPSA) is 113 Å². The number of anilines is 1. The van der Waals surface area contributed by atoms with Crippen molar-refractivity contribution < 1.29 is 14.5 Å². The van der Waals surface area contributed by atoms with E-state index in [2.05, 4.69) is 16.2 Å². The normalized spacial score (nSPS) is 17.6. The monoisotopic (exact) mass is 346 g/mol. The Morgan fingerprint density at radius 2 is 1.76 bits per heavy atom. The third-order valence-corrected chi connectivity index (χ3v) is 4.67. The second kappa shape index (κ2) is 7.50. The van der Waals surface area contributed by atoms with E-state index in [0.29, 0.717) is 5.69 Å². The Kier molecular flexibility index (Phi) is 5.16. The molecule has 3 N–H and O–H groups in total. The van der Waals surface area contributed by atoms with Crippen molar-refractivity contribution in [3.63, 3.8) is 0 Å². The van der Waals surface area contributed by atoms with Gasteiger partial charge in [0.1, 0.15) is 5.69 Å². The molecule has 2 saturated carbocycles. The number of nitrogens with zero attached hydrogens (tertiary/aromatic N) is 1. The standard InChI is InChI=1S/C17H22N4O4/c22-16(11-4-2-1-3-5-11)19-20-17(23)12-6-9-14(18-13-7-8-13)15(10-12)21(24)25/h6,9-11,13,18H,1-5,7-8H2,(H,19,22)(H,20,23). The molecule has 134 valence electrons. The van der Waals surface area contributed by atoms with Crippen molar-refractivity contribution in [3.8, 4) is 0 Å². The fourth-order valence-electron chi connectivity index (χ4n) is 3.05. The molecule has 0 unspecified atom stereocenters. The fourth-order valence-corrected chi connectivity index (χ4v) is 3.05. The molecule has 1 aromatic carbocycles. The smallest absolute Gasteiger partial charge is 0.293 e. The number of nitro groups is 1. The van der Waals surface area contributed by atoms with Crippen molar-refractivity contribution in [2.75, 3.05) is 5.32 Å². The van der Waals surface area contributed by atoms with Crippen molar-refractivity contribution in [1.29, 1.82) is 0 Å². The Hall–Kier alpha value is -2.64. The minimum absolute atomic E-state index is 0.0755. The summed E-state index contributed by atoms with van der Waals surface area (Å²) in [6, 6.07) is 4.55. The van der Waals surface area contributed by atoms with Gasteiger partial charge in [0.2, 0.25) is 5.91 Å². The number of rotatable bonds is 5. The molecule has 8 heteroatoms. The maximum Gasteiger partial charge on any atom is 0.293 e. The van der Waals surface area contributed by atoms with Crippen LogP contribution in [-0.4, -0.2) is 22.8 Å². The van der Waals surface area contributed by atoms with Crippen molar-refractivity contribution >= 4 is 23.2 Å². The first-order chi connectivity index (χ1) is 12.0. The second-order valence-corrected chi connectivity index (χ2v) is 6.69. The van der Waals surface area contributed by atoms with E-state index < -0.39 is 10.8 Å². The van der Waals surface area contributed by atoms with Gasteiger partial charge >= 0.3 is 0 Å². The molecule has 0 aromatic heterocycles. The Balaban J connectivity index is 1.61. The van der Waals surface area contributed by atoms with Gasteiger partial charge in [-0.05, 0) is 37.8 Å². The number of carbonyl (C=O) groups excluding carboxylic acids is 2. The predicted octanol–water partition coefficient (Wildman–Crippen LogP) is 2.51. The molecule has 1 aromatic rings. The van der Waals surface area contributed by atoms with E-state index in [1.807, 2.05) is 0 Å². The molecule has 2 aliphatic carbocycles. The van der Waals surface area contributed by atoms with Crippen LogP contribution in [0.25, 0.3) is 0 Å². The van der Waals surface area contributed by atoms with Gasteiger partial charge in [-0.2, -0.15) is 0 Å². The van der Waals surface area contributed by atoms with Crippen LogP contribution in [0.5, 0.6) is 0 Å². The molecular formula is C17H22N4O4. The Labute approximate surface area is 145 Å². The second-order valence-electron chi connectivity index (χ2n) is 6.69. The Morgan fingerprint density at radius 1 is 1.04 bits per heavy atom. The number of nitrogens with one attached hydrogen (secondary N) is 3. The summed E-state index contributed by atoms with van der Waals surface area (Å²) in [7, 11) is 0. The molecule has 25 heavy (non-hydrogen) atoms. The first kappa shape index (κ1) is 17.2. The number of benzene rings is 1. The Morgan fingerprint density at radius 3 is 2.40 bits per heavy atom. The fraction of sp³-hybridized carbons (Fsp3) is 0.529. The summed E-state index contributed by atoms with van der Waals surface area (Å²) in [6.07, 6.45) is 6.82. The molecular weight excluding hydrogens is 324 g/mol. The summed E-state index contributed by atoms with van der Waals surface area (Å²) in [5.41, 5.74) is 5.19. The first-order valence-corrected chi connectivity index (χ1v) is 8.70. The predicted molar refractivity (Wildman–Crippen MR) is 91.9 cm³/mol. The van der Waals surface area contributed by atoms with Gasteiger partial charge in [0.25, 0.3) is 11.6 Å². The number of hydrazine groups is 1. The van der Waals surface area contributed by atoms with E-state index >= 15 is 0 Å². The summed E-state index contributed by atoms with van der Waals surface area (Å²) in [6.45, 7) is 0. The molecule has 0 spiro atoms. The zero-order valence-corrected chi connectivity index (χ0v) is 13.9. The molecule has 0 heterocycles. The van der Waals surface area contributed by atoms with Crippen LogP contribution in [0.2, 0.25) is 0 Å². The maximum absolute atomic E-state index is 12.2. The summed E-state index contributed by atoms with van der Waals surface area (Å²) >= 11 is 0. The highest BCUT2D eigenvalue weighted by atomic mass is 16.6. The first-order valence-electron chi connectivity index (χ1n) is 8.70. The lowest BCUT2D eigenvalue weighted by Crippen LogP contribution is -2.44. The molecule has 0 radical (unpaired) electrons. The zero-order chi connectivity index (χ0) is 17.8. The highest BCUT2D eigenvalue weighted by molar-refractivity contribution is 5.97. The summed E-state index contributed by atoms with van der Waals surface area (Å²) < 4.78 is 0. The number of carbonyl (C=O) groups is 2. The van der Waals surface area contributed by atoms with Crippen LogP contribution in [0.4, 0.5) is 11.4 Å². The third kappa shape index (κ3) is 4.46. The van der Waals surface area contributed by atoms with Crippen molar-refractivity contribution in [1.82, 2.24) is 10.9 Å². The van der Waals surface area contributed by atoms with Crippen LogP contribution < -0.4 is 16.2 Å². The maximum atomic E-state index is 12.2. The molecule has 2 amide bonds. The quantitative estimate of drug-likeness (QED) is 0.560. The van der Waals surface area contributed by atoms with Crippen molar-refractivity contribution in [3.05, 3.63) is 33.9 Å². The van der Waals surface area contributed by atoms with Gasteiger partial charge in [-0.25, -0.2) is 0 Å². The number of amides is 2. The molecule has 2 aliphatic rings. The van der Waals surface area contributed by atoms with Gasteiger partial charge in [0.15, 0.2) is 0 Å². The van der Waals surface area contributed by atoms with E-state index in [0.717, 1.165) is 44.9 Å². The number of nitro benzene ring substituents is 1. The van der Waals surface area contributed by atoms with Crippen molar-refractivity contribution in [2.45, 2.75) is 51.0 Å². The van der Waals surface area contributed by atoms with Crippen molar-refractivity contribution in [2.24, 2.45) is 5.92 Å². The van der Waals surface area contributed by atoms with Crippen LogP contribution in [0, 0.1) is 16.0 Å². The SMILES string of the molecule is O=C(NNC(=O)C1CCCCC1)c1ccc(NC2CC2)c([N+](=O)[O-])c1. The van der Waals surface area contributed by atoms with Crippen LogP contribution in [0.1, 0.15) is 55.3 Å². The Bertz CT molecular complexity index is 681. The zero-order valence-electron chi connectivity index (χ0n) is 13.9. The van der Waals surface area contributed by atoms with E-state index in [-0.39, 0.29) is 29.1 Å². The van der Waals surface area contributed by atoms with Crippen LogP contribution >= 0.6 is 0 Å². The molecule has 8 nitrogen and oxygen atoms in total. The summed E-state index contributed by atoms with van der Waals surface area (Å²) in [5, 5.41) is 14.3. The van der Waals surface area contributed by atoms with E-state index in [1.54, 1.807) is 0 Å².